The summed E-state index contributed by atoms with van der Waals surface area (Å²) < 4.78 is 11.1. The minimum Gasteiger partial charge on any atom is -0.458 e. The van der Waals surface area contributed by atoms with Crippen LogP contribution >= 0.6 is 11.3 Å². The van der Waals surface area contributed by atoms with Crippen molar-refractivity contribution < 1.29 is 14.3 Å². The fourth-order valence-electron chi connectivity index (χ4n) is 3.86. The molecule has 1 unspecified atom stereocenters. The number of nitrogens with zero attached hydrogens (tertiary/aromatic N) is 3. The molecule has 0 amide bonds. The maximum atomic E-state index is 11.2. The SMILES string of the molecule is Cc1ccc(-c2nc(N)c3cc(C(O)c4ccccc4CN4CCOCC4)sc3n2)o1. The summed E-state index contributed by atoms with van der Waals surface area (Å²) in [6.07, 6.45) is -0.759. The summed E-state index contributed by atoms with van der Waals surface area (Å²) in [5, 5.41) is 12.0. The van der Waals surface area contributed by atoms with Gasteiger partial charge in [0.05, 0.1) is 18.6 Å². The third-order valence-electron chi connectivity index (χ3n) is 5.52. The number of morpholine rings is 1. The van der Waals surface area contributed by atoms with Crippen LogP contribution in [0.5, 0.6) is 0 Å². The molecular weight excluding hydrogens is 412 g/mol. The second kappa shape index (κ2) is 8.39. The Morgan fingerprint density at radius 3 is 2.74 bits per heavy atom. The minimum absolute atomic E-state index is 0.380. The van der Waals surface area contributed by atoms with E-state index in [2.05, 4.69) is 20.9 Å². The first-order valence-electron chi connectivity index (χ1n) is 10.3. The van der Waals surface area contributed by atoms with Crippen LogP contribution in [0.4, 0.5) is 5.82 Å². The average molecular weight is 437 g/mol. The molecule has 3 N–H and O–H groups in total. The van der Waals surface area contributed by atoms with Crippen molar-refractivity contribution in [2.24, 2.45) is 0 Å². The van der Waals surface area contributed by atoms with Gasteiger partial charge >= 0.3 is 0 Å². The highest BCUT2D eigenvalue weighted by Gasteiger charge is 2.21. The molecule has 1 saturated heterocycles. The number of aliphatic hydroxyl groups excluding tert-OH is 1. The van der Waals surface area contributed by atoms with Crippen molar-refractivity contribution in [3.8, 4) is 11.6 Å². The maximum absolute atomic E-state index is 11.2. The van der Waals surface area contributed by atoms with Gasteiger partial charge < -0.3 is 20.0 Å². The molecule has 0 spiro atoms. The lowest BCUT2D eigenvalue weighted by Crippen LogP contribution is -2.36. The first kappa shape index (κ1) is 20.1. The Kier molecular flexibility index (Phi) is 5.45. The predicted molar refractivity (Wildman–Crippen MR) is 121 cm³/mol. The third kappa shape index (κ3) is 4.07. The van der Waals surface area contributed by atoms with Crippen LogP contribution < -0.4 is 5.73 Å². The molecule has 0 radical (unpaired) electrons. The molecule has 1 atom stereocenters. The Morgan fingerprint density at radius 2 is 1.97 bits per heavy atom. The van der Waals surface area contributed by atoms with Crippen LogP contribution in [0.25, 0.3) is 21.8 Å². The molecule has 1 aromatic carbocycles. The molecule has 4 heterocycles. The second-order valence-corrected chi connectivity index (χ2v) is 8.76. The van der Waals surface area contributed by atoms with Crippen LogP contribution in [-0.4, -0.2) is 46.3 Å². The number of aliphatic hydroxyl groups is 1. The number of benzene rings is 1. The van der Waals surface area contributed by atoms with Crippen molar-refractivity contribution in [1.82, 2.24) is 14.9 Å². The molecule has 4 aromatic rings. The largest absolute Gasteiger partial charge is 0.458 e. The molecule has 0 bridgehead atoms. The molecule has 7 nitrogen and oxygen atoms in total. The molecule has 3 aromatic heterocycles. The van der Waals surface area contributed by atoms with Gasteiger partial charge in [0.2, 0.25) is 0 Å². The number of aryl methyl sites for hydroxylation is 1. The van der Waals surface area contributed by atoms with E-state index in [-0.39, 0.29) is 0 Å². The number of hydrogen-bond acceptors (Lipinski definition) is 8. The van der Waals surface area contributed by atoms with Crippen LogP contribution in [0, 0.1) is 6.92 Å². The second-order valence-electron chi connectivity index (χ2n) is 7.70. The summed E-state index contributed by atoms with van der Waals surface area (Å²) in [5.41, 5.74) is 8.23. The zero-order valence-corrected chi connectivity index (χ0v) is 18.1. The lowest BCUT2D eigenvalue weighted by atomic mass is 10.0. The van der Waals surface area contributed by atoms with E-state index in [1.807, 2.05) is 43.3 Å². The van der Waals surface area contributed by atoms with Crippen LogP contribution in [0.15, 0.2) is 46.9 Å². The summed E-state index contributed by atoms with van der Waals surface area (Å²) in [6.45, 7) is 5.95. The van der Waals surface area contributed by atoms with Crippen LogP contribution in [0.1, 0.15) is 27.9 Å². The highest BCUT2D eigenvalue weighted by Crippen LogP contribution is 2.36. The lowest BCUT2D eigenvalue weighted by Gasteiger charge is -2.28. The van der Waals surface area contributed by atoms with Gasteiger partial charge in [0, 0.05) is 24.5 Å². The van der Waals surface area contributed by atoms with E-state index in [1.165, 1.54) is 11.3 Å². The summed E-state index contributed by atoms with van der Waals surface area (Å²) >= 11 is 1.43. The van der Waals surface area contributed by atoms with Crippen LogP contribution in [-0.2, 0) is 11.3 Å². The molecule has 1 fully saturated rings. The topological polar surface area (TPSA) is 97.6 Å². The Labute approximate surface area is 184 Å². The fraction of sp³-hybridized carbons (Fsp3) is 0.304. The Balaban J connectivity index is 1.47. The molecule has 5 rings (SSSR count). The summed E-state index contributed by atoms with van der Waals surface area (Å²) in [6, 6.07) is 13.6. The number of furan rings is 1. The van der Waals surface area contributed by atoms with Crippen LogP contribution in [0.2, 0.25) is 0 Å². The Hall–Kier alpha value is -2.78. The number of aromatic nitrogens is 2. The number of fused-ring (bicyclic) bond motifs is 1. The zero-order valence-electron chi connectivity index (χ0n) is 17.2. The van der Waals surface area contributed by atoms with E-state index < -0.39 is 6.10 Å². The highest BCUT2D eigenvalue weighted by atomic mass is 32.1. The Bertz CT molecular complexity index is 1210. The molecule has 1 aliphatic rings. The monoisotopic (exact) mass is 436 g/mol. The molecule has 160 valence electrons. The summed E-state index contributed by atoms with van der Waals surface area (Å²) in [4.78, 5) is 12.9. The normalized spacial score (nSPS) is 16.1. The van der Waals surface area contributed by atoms with Crippen molar-refractivity contribution >= 4 is 27.4 Å². The minimum atomic E-state index is -0.759. The smallest absolute Gasteiger partial charge is 0.199 e. The van der Waals surface area contributed by atoms with Crippen molar-refractivity contribution in [3.05, 3.63) is 64.2 Å². The quantitative estimate of drug-likeness (QED) is 0.492. The van der Waals surface area contributed by atoms with Gasteiger partial charge in [0.25, 0.3) is 0 Å². The number of rotatable bonds is 5. The van der Waals surface area contributed by atoms with Crippen molar-refractivity contribution in [2.45, 2.75) is 19.6 Å². The van der Waals surface area contributed by atoms with Crippen LogP contribution in [0.3, 0.4) is 0 Å². The number of nitrogen functional groups attached to an aromatic ring is 1. The van der Waals surface area contributed by atoms with Gasteiger partial charge in [-0.25, -0.2) is 9.97 Å². The Morgan fingerprint density at radius 1 is 1.16 bits per heavy atom. The molecular formula is C23H24N4O3S. The zero-order chi connectivity index (χ0) is 21.4. The molecule has 0 aliphatic carbocycles. The van der Waals surface area contributed by atoms with Gasteiger partial charge in [-0.2, -0.15) is 0 Å². The van der Waals surface area contributed by atoms with E-state index in [0.717, 1.165) is 64.8 Å². The van der Waals surface area contributed by atoms with E-state index in [4.69, 9.17) is 14.9 Å². The van der Waals surface area contributed by atoms with E-state index in [9.17, 15) is 5.11 Å². The van der Waals surface area contributed by atoms with Gasteiger partial charge in [0.1, 0.15) is 22.5 Å². The predicted octanol–water partition coefficient (Wildman–Crippen LogP) is 3.76. The van der Waals surface area contributed by atoms with Gasteiger partial charge in [-0.3, -0.25) is 4.90 Å². The first-order chi connectivity index (χ1) is 15.1. The van der Waals surface area contributed by atoms with Crippen molar-refractivity contribution in [3.63, 3.8) is 0 Å². The van der Waals surface area contributed by atoms with Gasteiger partial charge in [-0.05, 0) is 36.2 Å². The van der Waals surface area contributed by atoms with E-state index >= 15 is 0 Å². The molecule has 31 heavy (non-hydrogen) atoms. The van der Waals surface area contributed by atoms with E-state index in [0.29, 0.717) is 17.4 Å². The lowest BCUT2D eigenvalue weighted by molar-refractivity contribution is 0.0338. The molecule has 8 heteroatoms. The van der Waals surface area contributed by atoms with Crippen molar-refractivity contribution in [1.29, 1.82) is 0 Å². The van der Waals surface area contributed by atoms with Gasteiger partial charge in [-0.15, -0.1) is 11.3 Å². The number of thiophene rings is 1. The van der Waals surface area contributed by atoms with Crippen molar-refractivity contribution in [2.75, 3.05) is 32.0 Å². The first-order valence-corrected chi connectivity index (χ1v) is 11.1. The number of hydrogen-bond donors (Lipinski definition) is 2. The number of anilines is 1. The maximum Gasteiger partial charge on any atom is 0.199 e. The number of ether oxygens (including phenoxy) is 1. The molecule has 0 saturated carbocycles. The average Bonchev–Trinajstić information content (AvgIpc) is 3.41. The van der Waals surface area contributed by atoms with Gasteiger partial charge in [-0.1, -0.05) is 24.3 Å². The van der Waals surface area contributed by atoms with E-state index in [1.54, 1.807) is 0 Å². The highest BCUT2D eigenvalue weighted by molar-refractivity contribution is 7.18. The fourth-order valence-corrected chi connectivity index (χ4v) is 4.90. The number of nitrogens with two attached hydrogens (primary N) is 1. The standard InChI is InChI=1S/C23H24N4O3S/c1-14-6-7-18(30-14)22-25-21(24)17-12-19(31-23(17)26-22)20(28)16-5-3-2-4-15(16)13-27-8-10-29-11-9-27/h2-7,12,20,28H,8-11,13H2,1H3,(H2,24,25,26). The summed E-state index contributed by atoms with van der Waals surface area (Å²) in [7, 11) is 0. The van der Waals surface area contributed by atoms with Gasteiger partial charge in [0.15, 0.2) is 11.6 Å². The molecule has 1 aliphatic heterocycles. The summed E-state index contributed by atoms with van der Waals surface area (Å²) in [5.74, 6) is 2.20. The third-order valence-corrected chi connectivity index (χ3v) is 6.60.